The summed E-state index contributed by atoms with van der Waals surface area (Å²) in [4.78, 5) is 27.2. The monoisotopic (exact) mass is 589 g/mol. The normalized spacial score (nSPS) is 11.5. The third-order valence-electron chi connectivity index (χ3n) is 5.66. The quantitative estimate of drug-likeness (QED) is 0.175. The van der Waals surface area contributed by atoms with Crippen molar-refractivity contribution in [3.63, 3.8) is 0 Å². The standard InChI is InChI=1S/C32H47NO9/c1-10-37-21-39-27-19-24(16-17-33(29(34)41-31(3,4)5)30(35)42-32(6,7)8)25(20-28(27)40-22-38-11-2)18-23-12-14-26(36-9)15-13-23/h12-15,19-20H,10-11,16-18,21-22H2,1-9H3. The molecule has 0 saturated heterocycles. The van der Waals surface area contributed by atoms with Crippen LogP contribution in [0, 0.1) is 0 Å². The van der Waals surface area contributed by atoms with Gasteiger partial charge in [0.15, 0.2) is 25.1 Å². The Kier molecular flexibility index (Phi) is 13.4. The van der Waals surface area contributed by atoms with Crippen molar-refractivity contribution in [1.29, 1.82) is 0 Å². The zero-order valence-electron chi connectivity index (χ0n) is 26.5. The van der Waals surface area contributed by atoms with E-state index in [-0.39, 0.29) is 20.1 Å². The Balaban J connectivity index is 2.49. The van der Waals surface area contributed by atoms with Gasteiger partial charge in [0, 0.05) is 19.8 Å². The number of hydrogen-bond acceptors (Lipinski definition) is 9. The number of methoxy groups -OCH3 is 1. The number of imide groups is 1. The highest BCUT2D eigenvalue weighted by Crippen LogP contribution is 2.33. The van der Waals surface area contributed by atoms with E-state index < -0.39 is 23.4 Å². The van der Waals surface area contributed by atoms with Crippen LogP contribution in [0.15, 0.2) is 36.4 Å². The van der Waals surface area contributed by atoms with Gasteiger partial charge in [-0.05, 0) is 109 Å². The van der Waals surface area contributed by atoms with Gasteiger partial charge in [0.25, 0.3) is 0 Å². The largest absolute Gasteiger partial charge is 0.497 e. The molecule has 0 aliphatic heterocycles. The Labute approximate surface area is 250 Å². The molecular formula is C32H47NO9. The van der Waals surface area contributed by atoms with E-state index in [0.717, 1.165) is 27.3 Å². The third kappa shape index (κ3) is 12.2. The van der Waals surface area contributed by atoms with E-state index in [1.54, 1.807) is 48.7 Å². The molecule has 42 heavy (non-hydrogen) atoms. The van der Waals surface area contributed by atoms with Gasteiger partial charge >= 0.3 is 12.2 Å². The highest BCUT2D eigenvalue weighted by atomic mass is 16.7. The maximum absolute atomic E-state index is 13.1. The highest BCUT2D eigenvalue weighted by molar-refractivity contribution is 5.88. The van der Waals surface area contributed by atoms with Crippen LogP contribution in [0.25, 0.3) is 0 Å². The summed E-state index contributed by atoms with van der Waals surface area (Å²) < 4.78 is 39.0. The molecular weight excluding hydrogens is 542 g/mol. The summed E-state index contributed by atoms with van der Waals surface area (Å²) in [5.74, 6) is 1.70. The van der Waals surface area contributed by atoms with Crippen LogP contribution >= 0.6 is 0 Å². The molecule has 234 valence electrons. The third-order valence-corrected chi connectivity index (χ3v) is 5.66. The summed E-state index contributed by atoms with van der Waals surface area (Å²) in [6.07, 6.45) is -0.703. The molecule has 0 aromatic heterocycles. The average Bonchev–Trinajstić information content (AvgIpc) is 2.89. The van der Waals surface area contributed by atoms with E-state index in [4.69, 9.17) is 33.2 Å². The van der Waals surface area contributed by atoms with Crippen molar-refractivity contribution >= 4 is 12.2 Å². The lowest BCUT2D eigenvalue weighted by Gasteiger charge is -2.29. The molecule has 0 fully saturated rings. The van der Waals surface area contributed by atoms with Gasteiger partial charge < -0.3 is 33.2 Å². The second-order valence-corrected chi connectivity index (χ2v) is 11.5. The molecule has 2 aromatic rings. The van der Waals surface area contributed by atoms with Crippen molar-refractivity contribution in [2.75, 3.05) is 40.5 Å². The SMILES string of the molecule is CCOCOc1cc(CCN(C(=O)OC(C)(C)C)C(=O)OC(C)(C)C)c(Cc2ccc(OC)cc2)cc1OCOCC. The lowest BCUT2D eigenvalue weighted by atomic mass is 9.96. The summed E-state index contributed by atoms with van der Waals surface area (Å²) >= 11 is 0. The minimum Gasteiger partial charge on any atom is -0.497 e. The van der Waals surface area contributed by atoms with Crippen LogP contribution in [-0.4, -0.2) is 68.7 Å². The second-order valence-electron chi connectivity index (χ2n) is 11.5. The van der Waals surface area contributed by atoms with Crippen LogP contribution in [0.3, 0.4) is 0 Å². The number of benzene rings is 2. The fourth-order valence-corrected chi connectivity index (χ4v) is 3.73. The Bertz CT molecular complexity index is 1110. The van der Waals surface area contributed by atoms with E-state index in [0.29, 0.717) is 37.6 Å². The molecule has 0 N–H and O–H groups in total. The van der Waals surface area contributed by atoms with E-state index in [1.807, 2.05) is 50.2 Å². The van der Waals surface area contributed by atoms with Crippen LogP contribution < -0.4 is 14.2 Å². The number of ether oxygens (including phenoxy) is 7. The maximum atomic E-state index is 13.1. The molecule has 0 bridgehead atoms. The van der Waals surface area contributed by atoms with Gasteiger partial charge in [-0.25, -0.2) is 14.5 Å². The van der Waals surface area contributed by atoms with Crippen LogP contribution in [0.2, 0.25) is 0 Å². The summed E-state index contributed by atoms with van der Waals surface area (Å²) in [6, 6.07) is 11.5. The number of hydrogen-bond donors (Lipinski definition) is 0. The zero-order valence-corrected chi connectivity index (χ0v) is 26.5. The fourth-order valence-electron chi connectivity index (χ4n) is 3.73. The smallest absolute Gasteiger partial charge is 0.419 e. The van der Waals surface area contributed by atoms with Gasteiger partial charge in [-0.15, -0.1) is 0 Å². The number of nitrogens with zero attached hydrogens (tertiary/aromatic N) is 1. The summed E-state index contributed by atoms with van der Waals surface area (Å²) in [7, 11) is 1.62. The number of carbonyl (C=O) groups is 2. The molecule has 0 aliphatic carbocycles. The average molecular weight is 590 g/mol. The van der Waals surface area contributed by atoms with Crippen molar-refractivity contribution < 1.29 is 42.7 Å². The minimum atomic E-state index is -0.795. The number of carbonyl (C=O) groups excluding carboxylic acids is 2. The van der Waals surface area contributed by atoms with Crippen molar-refractivity contribution in [2.24, 2.45) is 0 Å². The number of rotatable bonds is 14. The van der Waals surface area contributed by atoms with Gasteiger partial charge in [-0.2, -0.15) is 0 Å². The molecule has 0 atom stereocenters. The second kappa shape index (κ2) is 16.2. The Hall–Kier alpha value is -3.50. The molecule has 2 amide bonds. The molecule has 2 aromatic carbocycles. The van der Waals surface area contributed by atoms with Crippen molar-refractivity contribution in [2.45, 2.75) is 79.4 Å². The lowest BCUT2D eigenvalue weighted by molar-refractivity contribution is 0.00160. The predicted molar refractivity (Wildman–Crippen MR) is 159 cm³/mol. The van der Waals surface area contributed by atoms with Crippen LogP contribution in [0.1, 0.15) is 72.1 Å². The van der Waals surface area contributed by atoms with Crippen molar-refractivity contribution in [3.8, 4) is 17.2 Å². The first-order valence-electron chi connectivity index (χ1n) is 14.2. The summed E-state index contributed by atoms with van der Waals surface area (Å²) in [5, 5.41) is 0. The molecule has 0 spiro atoms. The first-order valence-corrected chi connectivity index (χ1v) is 14.2. The highest BCUT2D eigenvalue weighted by Gasteiger charge is 2.31. The van der Waals surface area contributed by atoms with E-state index in [1.165, 1.54) is 0 Å². The Morgan fingerprint density at radius 3 is 1.64 bits per heavy atom. The summed E-state index contributed by atoms with van der Waals surface area (Å²) in [5.41, 5.74) is 1.21. The molecule has 10 heteroatoms. The molecule has 0 heterocycles. The first kappa shape index (κ1) is 34.7. The van der Waals surface area contributed by atoms with Crippen molar-refractivity contribution in [1.82, 2.24) is 4.90 Å². The van der Waals surface area contributed by atoms with Crippen LogP contribution in [0.5, 0.6) is 17.2 Å². The van der Waals surface area contributed by atoms with Gasteiger partial charge in [0.1, 0.15) is 17.0 Å². The van der Waals surface area contributed by atoms with Crippen LogP contribution in [0.4, 0.5) is 9.59 Å². The Morgan fingerprint density at radius 1 is 0.738 bits per heavy atom. The molecule has 10 nitrogen and oxygen atoms in total. The minimum absolute atomic E-state index is 0.0174. The lowest BCUT2D eigenvalue weighted by Crippen LogP contribution is -2.44. The predicted octanol–water partition coefficient (Wildman–Crippen LogP) is 6.75. The molecule has 0 saturated carbocycles. The first-order chi connectivity index (χ1) is 19.8. The van der Waals surface area contributed by atoms with E-state index >= 15 is 0 Å². The molecule has 0 unspecified atom stereocenters. The van der Waals surface area contributed by atoms with Gasteiger partial charge in [0.05, 0.1) is 7.11 Å². The van der Waals surface area contributed by atoms with Gasteiger partial charge in [0.2, 0.25) is 0 Å². The van der Waals surface area contributed by atoms with Gasteiger partial charge in [-0.1, -0.05) is 12.1 Å². The maximum Gasteiger partial charge on any atom is 0.419 e. The Morgan fingerprint density at radius 2 is 1.21 bits per heavy atom. The van der Waals surface area contributed by atoms with Gasteiger partial charge in [-0.3, -0.25) is 0 Å². The van der Waals surface area contributed by atoms with E-state index in [2.05, 4.69) is 0 Å². The van der Waals surface area contributed by atoms with Crippen molar-refractivity contribution in [3.05, 3.63) is 53.1 Å². The molecule has 2 rings (SSSR count). The molecule has 0 aliphatic rings. The van der Waals surface area contributed by atoms with Crippen LogP contribution in [-0.2, 0) is 31.8 Å². The fraction of sp³-hybridized carbons (Fsp3) is 0.562. The zero-order chi connectivity index (χ0) is 31.3. The number of amides is 2. The molecule has 0 radical (unpaired) electrons. The topological polar surface area (TPSA) is 102 Å². The van der Waals surface area contributed by atoms with E-state index in [9.17, 15) is 9.59 Å². The summed E-state index contributed by atoms with van der Waals surface area (Å²) in [6.45, 7) is 15.3.